The average Bonchev–Trinajstić information content (AvgIpc) is 2.58. The number of rotatable bonds is 4. The Morgan fingerprint density at radius 2 is 0.677 bits per heavy atom. The molecule has 0 N–H and O–H groups in total. The van der Waals surface area contributed by atoms with E-state index in [4.69, 9.17) is 9.05 Å². The predicted molar refractivity (Wildman–Crippen MR) is 137 cm³/mol. The molecule has 3 heteroatoms. The van der Waals surface area contributed by atoms with Crippen molar-refractivity contribution in [2.24, 2.45) is 0 Å². The molecule has 0 atom stereocenters. The first kappa shape index (κ1) is 25.7. The molecule has 0 bridgehead atoms. The van der Waals surface area contributed by atoms with Crippen LogP contribution in [0.25, 0.3) is 0 Å². The van der Waals surface area contributed by atoms with Crippen LogP contribution in [0.1, 0.15) is 105 Å². The highest BCUT2D eigenvalue weighted by atomic mass is 31.1. The van der Waals surface area contributed by atoms with Crippen molar-refractivity contribution in [3.8, 4) is 11.5 Å². The Balaban J connectivity index is 2.47. The smallest absolute Gasteiger partial charge is 0.275 e. The molecule has 2 aromatic carbocycles. The molecule has 2 rings (SSSR count). The first-order valence-corrected chi connectivity index (χ1v) is 12.1. The lowest BCUT2D eigenvalue weighted by atomic mass is 9.79. The SMILES string of the molecule is CC(C)(C)c1cccc(C(C)(C)C)c1OPOc1c(C(C)(C)C)cccc1C(C)(C)C. The molecule has 0 aliphatic heterocycles. The molecule has 2 aromatic rings. The minimum Gasteiger partial charge on any atom is -0.440 e. The van der Waals surface area contributed by atoms with Crippen molar-refractivity contribution >= 4 is 9.03 Å². The van der Waals surface area contributed by atoms with Crippen molar-refractivity contribution in [1.82, 2.24) is 0 Å². The molecule has 172 valence electrons. The maximum absolute atomic E-state index is 6.47. The topological polar surface area (TPSA) is 18.5 Å². The van der Waals surface area contributed by atoms with Crippen LogP contribution in [0, 0.1) is 0 Å². The number of hydrogen-bond acceptors (Lipinski definition) is 2. The zero-order valence-electron chi connectivity index (χ0n) is 21.8. The van der Waals surface area contributed by atoms with E-state index in [9.17, 15) is 0 Å². The molecule has 0 saturated heterocycles. The molecule has 2 nitrogen and oxygen atoms in total. The number of benzene rings is 2. The quantitative estimate of drug-likeness (QED) is 0.440. The van der Waals surface area contributed by atoms with Crippen molar-refractivity contribution in [1.29, 1.82) is 0 Å². The summed E-state index contributed by atoms with van der Waals surface area (Å²) in [6.07, 6.45) is 0. The highest BCUT2D eigenvalue weighted by Gasteiger charge is 2.29. The van der Waals surface area contributed by atoms with E-state index in [1.165, 1.54) is 22.3 Å². The second-order valence-electron chi connectivity index (χ2n) is 12.7. The monoisotopic (exact) mass is 442 g/mol. The summed E-state index contributed by atoms with van der Waals surface area (Å²) >= 11 is 0. The lowest BCUT2D eigenvalue weighted by molar-refractivity contribution is 0.452. The van der Waals surface area contributed by atoms with Gasteiger partial charge < -0.3 is 9.05 Å². The van der Waals surface area contributed by atoms with Crippen LogP contribution >= 0.6 is 9.03 Å². The van der Waals surface area contributed by atoms with Gasteiger partial charge in [0, 0.05) is 22.3 Å². The minimum atomic E-state index is -0.111. The molecule has 0 unspecified atom stereocenters. The fraction of sp³-hybridized carbons (Fsp3) is 0.571. The van der Waals surface area contributed by atoms with Gasteiger partial charge in [0.15, 0.2) is 0 Å². The van der Waals surface area contributed by atoms with Gasteiger partial charge in [-0.2, -0.15) is 0 Å². The summed E-state index contributed by atoms with van der Waals surface area (Å²) in [6.45, 7) is 26.8. The summed E-state index contributed by atoms with van der Waals surface area (Å²) < 4.78 is 12.9. The Morgan fingerprint density at radius 1 is 0.452 bits per heavy atom. The molecule has 0 radical (unpaired) electrons. The van der Waals surface area contributed by atoms with E-state index in [0.29, 0.717) is 0 Å². The third kappa shape index (κ3) is 6.26. The van der Waals surface area contributed by atoms with Crippen molar-refractivity contribution in [3.63, 3.8) is 0 Å². The number of para-hydroxylation sites is 2. The lowest BCUT2D eigenvalue weighted by Gasteiger charge is -2.31. The maximum atomic E-state index is 6.47. The van der Waals surface area contributed by atoms with E-state index in [-0.39, 0.29) is 30.7 Å². The summed E-state index contributed by atoms with van der Waals surface area (Å²) in [5, 5.41) is 0. The summed E-state index contributed by atoms with van der Waals surface area (Å²) in [4.78, 5) is 0. The first-order chi connectivity index (χ1) is 13.9. The van der Waals surface area contributed by atoms with Crippen molar-refractivity contribution in [2.45, 2.75) is 105 Å². The molecular formula is C28H43O2P. The number of hydrogen-bond donors (Lipinski definition) is 0. The van der Waals surface area contributed by atoms with Crippen LogP contribution < -0.4 is 9.05 Å². The van der Waals surface area contributed by atoms with Crippen LogP contribution in [0.2, 0.25) is 0 Å². The molecule has 0 heterocycles. The molecule has 0 fully saturated rings. The second-order valence-corrected chi connectivity index (χ2v) is 13.2. The van der Waals surface area contributed by atoms with Crippen LogP contribution in [0.15, 0.2) is 36.4 Å². The molecular weight excluding hydrogens is 399 g/mol. The minimum absolute atomic E-state index is 0.0129. The van der Waals surface area contributed by atoms with Gasteiger partial charge in [-0.05, 0) is 21.7 Å². The van der Waals surface area contributed by atoms with Gasteiger partial charge in [0.25, 0.3) is 9.03 Å². The Morgan fingerprint density at radius 3 is 0.871 bits per heavy atom. The normalized spacial score (nSPS) is 13.3. The van der Waals surface area contributed by atoms with Crippen molar-refractivity contribution < 1.29 is 9.05 Å². The van der Waals surface area contributed by atoms with Crippen molar-refractivity contribution in [3.05, 3.63) is 58.7 Å². The Kier molecular flexibility index (Phi) is 7.29. The Hall–Kier alpha value is -1.53. The van der Waals surface area contributed by atoms with Crippen LogP contribution in [0.4, 0.5) is 0 Å². The van der Waals surface area contributed by atoms with E-state index in [1.807, 2.05) is 0 Å². The lowest BCUT2D eigenvalue weighted by Crippen LogP contribution is -2.19. The predicted octanol–water partition coefficient (Wildman–Crippen LogP) is 8.84. The molecule has 0 aliphatic rings. The van der Waals surface area contributed by atoms with Gasteiger partial charge in [-0.15, -0.1) is 0 Å². The summed E-state index contributed by atoms with van der Waals surface area (Å²) in [5.41, 5.74) is 4.82. The average molecular weight is 443 g/mol. The largest absolute Gasteiger partial charge is 0.440 e. The van der Waals surface area contributed by atoms with Crippen LogP contribution in [0.3, 0.4) is 0 Å². The second kappa shape index (κ2) is 8.78. The highest BCUT2D eigenvalue weighted by Crippen LogP contribution is 2.45. The third-order valence-corrected chi connectivity index (χ3v) is 6.12. The van der Waals surface area contributed by atoms with Gasteiger partial charge in [-0.1, -0.05) is 119 Å². The maximum Gasteiger partial charge on any atom is 0.275 e. The zero-order valence-corrected chi connectivity index (χ0v) is 22.8. The third-order valence-electron chi connectivity index (χ3n) is 5.55. The standard InChI is InChI=1S/C28H43O2P/c1-25(2,3)19-15-13-16-20(26(4,5)6)23(19)29-31-30-24-21(27(7,8)9)17-14-18-22(24)28(10,11)12/h13-18,31H,1-12H3. The van der Waals surface area contributed by atoms with Gasteiger partial charge >= 0.3 is 0 Å². The van der Waals surface area contributed by atoms with E-state index in [1.54, 1.807) is 0 Å². The summed E-state index contributed by atoms with van der Waals surface area (Å²) in [7, 11) is -0.111. The van der Waals surface area contributed by atoms with Crippen LogP contribution in [0.5, 0.6) is 11.5 Å². The van der Waals surface area contributed by atoms with E-state index in [0.717, 1.165) is 11.5 Å². The fourth-order valence-corrected chi connectivity index (χ4v) is 4.41. The zero-order chi connectivity index (χ0) is 23.8. The summed E-state index contributed by atoms with van der Waals surface area (Å²) in [6, 6.07) is 13.0. The molecule has 31 heavy (non-hydrogen) atoms. The Labute approximate surface area is 193 Å². The molecule has 0 spiro atoms. The molecule has 0 amide bonds. The van der Waals surface area contributed by atoms with E-state index >= 15 is 0 Å². The molecule has 0 saturated carbocycles. The van der Waals surface area contributed by atoms with E-state index < -0.39 is 0 Å². The highest BCUT2D eigenvalue weighted by molar-refractivity contribution is 7.27. The van der Waals surface area contributed by atoms with Gasteiger partial charge in [-0.3, -0.25) is 0 Å². The van der Waals surface area contributed by atoms with Gasteiger partial charge in [0.1, 0.15) is 11.5 Å². The van der Waals surface area contributed by atoms with Crippen LogP contribution in [-0.2, 0) is 21.7 Å². The molecule has 0 aromatic heterocycles. The summed E-state index contributed by atoms with van der Waals surface area (Å²) in [5.74, 6) is 1.93. The fourth-order valence-electron chi connectivity index (χ4n) is 3.76. The van der Waals surface area contributed by atoms with Gasteiger partial charge in [-0.25, -0.2) is 0 Å². The molecule has 0 aliphatic carbocycles. The van der Waals surface area contributed by atoms with Gasteiger partial charge in [0.2, 0.25) is 0 Å². The van der Waals surface area contributed by atoms with Crippen LogP contribution in [-0.4, -0.2) is 0 Å². The van der Waals surface area contributed by atoms with Crippen molar-refractivity contribution in [2.75, 3.05) is 0 Å². The first-order valence-electron chi connectivity index (χ1n) is 11.3. The Bertz CT molecular complexity index is 761. The van der Waals surface area contributed by atoms with Gasteiger partial charge in [0.05, 0.1) is 0 Å². The van der Waals surface area contributed by atoms with E-state index in [2.05, 4.69) is 119 Å².